The second-order valence-electron chi connectivity index (χ2n) is 7.44. The van der Waals surface area contributed by atoms with Crippen molar-refractivity contribution in [2.45, 2.75) is 24.6 Å². The van der Waals surface area contributed by atoms with Crippen molar-refractivity contribution in [3.63, 3.8) is 0 Å². The molecule has 0 spiro atoms. The van der Waals surface area contributed by atoms with Crippen LogP contribution in [0, 0.1) is 0 Å². The Balaban J connectivity index is 1.76. The van der Waals surface area contributed by atoms with Crippen molar-refractivity contribution in [3.8, 4) is 0 Å². The summed E-state index contributed by atoms with van der Waals surface area (Å²) in [6.45, 7) is 0.570. The molecule has 0 saturated heterocycles. The second kappa shape index (κ2) is 9.49. The van der Waals surface area contributed by atoms with Crippen LogP contribution < -0.4 is 5.32 Å². The zero-order valence-corrected chi connectivity index (χ0v) is 16.9. The highest BCUT2D eigenvalue weighted by Gasteiger charge is 2.40. The lowest BCUT2D eigenvalue weighted by atomic mass is 9.77. The molecule has 0 aliphatic carbocycles. The van der Waals surface area contributed by atoms with Crippen LogP contribution in [0.5, 0.6) is 0 Å². The Morgan fingerprint density at radius 1 is 0.700 bits per heavy atom. The fourth-order valence-corrected chi connectivity index (χ4v) is 3.90. The van der Waals surface area contributed by atoms with Gasteiger partial charge < -0.3 is 10.4 Å². The van der Waals surface area contributed by atoms with Gasteiger partial charge in [-0.1, -0.05) is 97.1 Å². The van der Waals surface area contributed by atoms with Crippen LogP contribution in [0.15, 0.2) is 115 Å². The highest BCUT2D eigenvalue weighted by atomic mass is 16.3. The van der Waals surface area contributed by atoms with Crippen molar-refractivity contribution in [1.29, 1.82) is 0 Å². The van der Waals surface area contributed by atoms with E-state index < -0.39 is 5.60 Å². The molecule has 0 radical (unpaired) electrons. The van der Waals surface area contributed by atoms with Gasteiger partial charge in [0, 0.05) is 18.8 Å². The standard InChI is InChI=1S/C27H26N2O/c30-27(23-14-6-2-7-15-23,24-16-8-3-9-17-24)26(20-22-12-4-1-5-13-22)29-21-25-18-10-11-19-28-25/h1-19,26,29-30H,20-21H2/t26-/m0/s1. The Morgan fingerprint density at radius 3 is 1.77 bits per heavy atom. The number of rotatable bonds is 8. The summed E-state index contributed by atoms with van der Waals surface area (Å²) < 4.78 is 0. The Kier molecular flexibility index (Phi) is 6.33. The molecule has 1 atom stereocenters. The predicted molar refractivity (Wildman–Crippen MR) is 121 cm³/mol. The summed E-state index contributed by atoms with van der Waals surface area (Å²) in [5, 5.41) is 15.9. The molecule has 0 aliphatic heterocycles. The van der Waals surface area contributed by atoms with Crippen molar-refractivity contribution in [3.05, 3.63) is 138 Å². The molecule has 0 unspecified atom stereocenters. The lowest BCUT2D eigenvalue weighted by molar-refractivity contribution is 0.0360. The third-order valence-electron chi connectivity index (χ3n) is 5.47. The number of hydrogen-bond donors (Lipinski definition) is 2. The SMILES string of the molecule is OC(c1ccccc1)(c1ccccc1)[C@H](Cc1ccccc1)NCc1ccccn1. The Hall–Kier alpha value is -3.27. The maximum absolute atomic E-state index is 12.3. The van der Waals surface area contributed by atoms with Gasteiger partial charge in [-0.2, -0.15) is 0 Å². The van der Waals surface area contributed by atoms with Gasteiger partial charge in [-0.3, -0.25) is 4.98 Å². The van der Waals surface area contributed by atoms with Crippen molar-refractivity contribution in [1.82, 2.24) is 10.3 Å². The molecule has 0 fully saturated rings. The maximum atomic E-state index is 12.3. The number of aromatic nitrogens is 1. The number of pyridine rings is 1. The summed E-state index contributed by atoms with van der Waals surface area (Å²) >= 11 is 0. The summed E-state index contributed by atoms with van der Waals surface area (Å²) in [5.74, 6) is 0. The van der Waals surface area contributed by atoms with Gasteiger partial charge >= 0.3 is 0 Å². The van der Waals surface area contributed by atoms with Crippen molar-refractivity contribution in [2.24, 2.45) is 0 Å². The highest BCUT2D eigenvalue weighted by molar-refractivity contribution is 5.39. The van der Waals surface area contributed by atoms with E-state index in [9.17, 15) is 5.11 Å². The maximum Gasteiger partial charge on any atom is 0.130 e. The van der Waals surface area contributed by atoms with Gasteiger partial charge in [0.15, 0.2) is 0 Å². The minimum atomic E-state index is -1.20. The molecule has 0 amide bonds. The van der Waals surface area contributed by atoms with Crippen LogP contribution in [0.1, 0.15) is 22.4 Å². The average molecular weight is 395 g/mol. The van der Waals surface area contributed by atoms with Crippen LogP contribution in [-0.2, 0) is 18.6 Å². The number of hydrogen-bond acceptors (Lipinski definition) is 3. The minimum Gasteiger partial charge on any atom is -0.379 e. The summed E-state index contributed by atoms with van der Waals surface area (Å²) in [6, 6.07) is 35.7. The van der Waals surface area contributed by atoms with Crippen LogP contribution in [-0.4, -0.2) is 16.1 Å². The monoisotopic (exact) mass is 394 g/mol. The first-order chi connectivity index (χ1) is 14.8. The van der Waals surface area contributed by atoms with E-state index in [1.807, 2.05) is 97.1 Å². The molecule has 4 rings (SSSR count). The van der Waals surface area contributed by atoms with Gasteiger partial charge in [0.2, 0.25) is 0 Å². The predicted octanol–water partition coefficient (Wildman–Crippen LogP) is 4.72. The average Bonchev–Trinajstić information content (AvgIpc) is 2.83. The molecule has 30 heavy (non-hydrogen) atoms. The van der Waals surface area contributed by atoms with Gasteiger partial charge in [0.05, 0.1) is 5.69 Å². The first-order valence-electron chi connectivity index (χ1n) is 10.3. The largest absolute Gasteiger partial charge is 0.379 e. The quantitative estimate of drug-likeness (QED) is 0.455. The normalized spacial score (nSPS) is 12.4. The lowest BCUT2D eigenvalue weighted by Crippen LogP contribution is -2.50. The molecule has 2 N–H and O–H groups in total. The van der Waals surface area contributed by atoms with E-state index in [0.29, 0.717) is 13.0 Å². The number of aliphatic hydroxyl groups is 1. The molecule has 3 heteroatoms. The van der Waals surface area contributed by atoms with E-state index in [2.05, 4.69) is 22.4 Å². The fraction of sp³-hybridized carbons (Fsp3) is 0.148. The molecule has 0 saturated carbocycles. The molecular weight excluding hydrogens is 368 g/mol. The Morgan fingerprint density at radius 2 is 1.23 bits per heavy atom. The van der Waals surface area contributed by atoms with Gasteiger partial charge in [0.1, 0.15) is 5.60 Å². The van der Waals surface area contributed by atoms with Crippen LogP contribution in [0.2, 0.25) is 0 Å². The third-order valence-corrected chi connectivity index (χ3v) is 5.47. The third kappa shape index (κ3) is 4.48. The number of benzene rings is 3. The Labute approximate surface area is 178 Å². The molecule has 4 aromatic rings. The first kappa shape index (κ1) is 20.0. The van der Waals surface area contributed by atoms with Gasteiger partial charge in [-0.25, -0.2) is 0 Å². The van der Waals surface area contributed by atoms with Crippen LogP contribution in [0.3, 0.4) is 0 Å². The zero-order chi connectivity index (χ0) is 20.7. The van der Waals surface area contributed by atoms with Crippen LogP contribution in [0.25, 0.3) is 0 Å². The van der Waals surface area contributed by atoms with Crippen molar-refractivity contribution in [2.75, 3.05) is 0 Å². The summed E-state index contributed by atoms with van der Waals surface area (Å²) in [7, 11) is 0. The molecule has 3 aromatic carbocycles. The van der Waals surface area contributed by atoms with Crippen LogP contribution in [0.4, 0.5) is 0 Å². The first-order valence-corrected chi connectivity index (χ1v) is 10.3. The number of nitrogens with zero attached hydrogens (tertiary/aromatic N) is 1. The molecule has 0 bridgehead atoms. The van der Waals surface area contributed by atoms with Gasteiger partial charge in [-0.15, -0.1) is 0 Å². The van der Waals surface area contributed by atoms with Gasteiger partial charge in [-0.05, 0) is 35.2 Å². The van der Waals surface area contributed by atoms with Crippen molar-refractivity contribution < 1.29 is 5.11 Å². The Bertz CT molecular complexity index is 982. The summed E-state index contributed by atoms with van der Waals surface area (Å²) in [6.07, 6.45) is 2.47. The molecule has 1 aromatic heterocycles. The smallest absolute Gasteiger partial charge is 0.130 e. The number of nitrogens with one attached hydrogen (secondary N) is 1. The summed E-state index contributed by atoms with van der Waals surface area (Å²) in [4.78, 5) is 4.44. The van der Waals surface area contributed by atoms with Gasteiger partial charge in [0.25, 0.3) is 0 Å². The van der Waals surface area contributed by atoms with Crippen LogP contribution >= 0.6 is 0 Å². The summed E-state index contributed by atoms with van der Waals surface area (Å²) in [5.41, 5.74) is 2.64. The minimum absolute atomic E-state index is 0.258. The van der Waals surface area contributed by atoms with E-state index in [0.717, 1.165) is 16.8 Å². The zero-order valence-electron chi connectivity index (χ0n) is 16.9. The van der Waals surface area contributed by atoms with Crippen molar-refractivity contribution >= 4 is 0 Å². The molecule has 150 valence electrons. The lowest BCUT2D eigenvalue weighted by Gasteiger charge is -2.38. The van der Waals surface area contributed by atoms with E-state index >= 15 is 0 Å². The fourth-order valence-electron chi connectivity index (χ4n) is 3.90. The highest BCUT2D eigenvalue weighted by Crippen LogP contribution is 2.34. The topological polar surface area (TPSA) is 45.1 Å². The molecular formula is C27H26N2O. The molecule has 1 heterocycles. The molecule has 3 nitrogen and oxygen atoms in total. The van der Waals surface area contributed by atoms with E-state index in [4.69, 9.17) is 0 Å². The van der Waals surface area contributed by atoms with E-state index in [1.165, 1.54) is 5.56 Å². The van der Waals surface area contributed by atoms with E-state index in [-0.39, 0.29) is 6.04 Å². The molecule has 0 aliphatic rings. The van der Waals surface area contributed by atoms with E-state index in [1.54, 1.807) is 6.20 Å². The second-order valence-corrected chi connectivity index (χ2v) is 7.44.